The summed E-state index contributed by atoms with van der Waals surface area (Å²) in [5.74, 6) is 0.844. The van der Waals surface area contributed by atoms with Crippen molar-refractivity contribution in [2.75, 3.05) is 18.7 Å². The van der Waals surface area contributed by atoms with Crippen molar-refractivity contribution in [3.63, 3.8) is 0 Å². The van der Waals surface area contributed by atoms with Crippen LogP contribution in [0.25, 0.3) is 0 Å². The lowest BCUT2D eigenvalue weighted by atomic mass is 10.2. The predicted molar refractivity (Wildman–Crippen MR) is 80.5 cm³/mol. The number of ether oxygens (including phenoxy) is 1. The van der Waals surface area contributed by atoms with Gasteiger partial charge in [0.1, 0.15) is 6.33 Å². The Labute approximate surface area is 128 Å². The van der Waals surface area contributed by atoms with E-state index < -0.39 is 9.84 Å². The van der Waals surface area contributed by atoms with Gasteiger partial charge in [-0.1, -0.05) is 23.7 Å². The smallest absolute Gasteiger partial charge is 0.198 e. The third-order valence-corrected chi connectivity index (χ3v) is 4.17. The normalized spacial score (nSPS) is 11.2. The summed E-state index contributed by atoms with van der Waals surface area (Å²) in [5.41, 5.74) is 0.902. The van der Waals surface area contributed by atoms with Crippen LogP contribution in [0, 0.1) is 0 Å². The molecule has 8 heteroatoms. The van der Waals surface area contributed by atoms with Gasteiger partial charge in [0.2, 0.25) is 0 Å². The minimum atomic E-state index is -3.18. The number of nitrogens with zero attached hydrogens (tertiary/aromatic N) is 2. The van der Waals surface area contributed by atoms with E-state index in [1.807, 2.05) is 0 Å². The number of rotatable bonds is 5. The Hall–Kier alpha value is -1.86. The molecule has 1 N–H and O–H groups in total. The maximum Gasteiger partial charge on any atom is 0.198 e. The number of hydrogen-bond donors (Lipinski definition) is 1. The molecule has 2 aromatic rings. The van der Waals surface area contributed by atoms with E-state index in [0.29, 0.717) is 18.1 Å². The summed E-state index contributed by atoms with van der Waals surface area (Å²) >= 11 is 5.90. The zero-order valence-electron chi connectivity index (χ0n) is 11.5. The molecule has 0 aliphatic rings. The molecule has 112 valence electrons. The molecule has 0 saturated heterocycles. The number of sulfone groups is 1. The van der Waals surface area contributed by atoms with Crippen LogP contribution in [-0.2, 0) is 16.4 Å². The fourth-order valence-electron chi connectivity index (χ4n) is 1.70. The van der Waals surface area contributed by atoms with Gasteiger partial charge in [0.15, 0.2) is 26.6 Å². The van der Waals surface area contributed by atoms with Crippen molar-refractivity contribution in [3.8, 4) is 5.75 Å². The van der Waals surface area contributed by atoms with Gasteiger partial charge >= 0.3 is 0 Å². The standard InChI is InChI=1S/C13H14ClN3O3S/c1-20-11-12(14)16-8-17-13(11)15-7-9-3-5-10(6-4-9)21(2,18)19/h3-6,8H,7H2,1-2H3,(H,15,16,17). The van der Waals surface area contributed by atoms with E-state index in [4.69, 9.17) is 16.3 Å². The van der Waals surface area contributed by atoms with E-state index in [0.717, 1.165) is 5.56 Å². The average Bonchev–Trinajstić information content (AvgIpc) is 2.44. The first kappa shape index (κ1) is 15.5. The van der Waals surface area contributed by atoms with Crippen molar-refractivity contribution in [1.29, 1.82) is 0 Å². The molecule has 0 spiro atoms. The number of anilines is 1. The van der Waals surface area contributed by atoms with Crippen LogP contribution in [0.3, 0.4) is 0 Å². The topological polar surface area (TPSA) is 81.2 Å². The minimum absolute atomic E-state index is 0.224. The minimum Gasteiger partial charge on any atom is -0.490 e. The fourth-order valence-corrected chi connectivity index (χ4v) is 2.54. The van der Waals surface area contributed by atoms with Gasteiger partial charge in [-0.15, -0.1) is 0 Å². The third-order valence-electron chi connectivity index (χ3n) is 2.78. The van der Waals surface area contributed by atoms with Crippen LogP contribution in [0.4, 0.5) is 5.82 Å². The van der Waals surface area contributed by atoms with Crippen LogP contribution in [0.2, 0.25) is 5.15 Å². The highest BCUT2D eigenvalue weighted by atomic mass is 35.5. The van der Waals surface area contributed by atoms with E-state index in [2.05, 4.69) is 15.3 Å². The molecule has 0 fully saturated rings. The molecule has 0 atom stereocenters. The van der Waals surface area contributed by atoms with Crippen LogP contribution in [0.1, 0.15) is 5.56 Å². The van der Waals surface area contributed by atoms with Gasteiger partial charge in [-0.3, -0.25) is 0 Å². The maximum absolute atomic E-state index is 11.4. The Balaban J connectivity index is 2.12. The van der Waals surface area contributed by atoms with E-state index in [1.165, 1.54) is 19.7 Å². The number of halogens is 1. The highest BCUT2D eigenvalue weighted by Gasteiger charge is 2.10. The van der Waals surface area contributed by atoms with Crippen LogP contribution < -0.4 is 10.1 Å². The molecule has 0 bridgehead atoms. The number of methoxy groups -OCH3 is 1. The number of aromatic nitrogens is 2. The molecular formula is C13H14ClN3O3S. The Morgan fingerprint density at radius 2 is 1.90 bits per heavy atom. The van der Waals surface area contributed by atoms with Crippen LogP contribution in [0.15, 0.2) is 35.5 Å². The molecule has 6 nitrogen and oxygen atoms in total. The van der Waals surface area contributed by atoms with E-state index >= 15 is 0 Å². The zero-order valence-corrected chi connectivity index (χ0v) is 13.1. The second-order valence-corrected chi connectivity index (χ2v) is 6.69. The monoisotopic (exact) mass is 327 g/mol. The first-order chi connectivity index (χ1) is 9.91. The molecule has 1 aromatic carbocycles. The van der Waals surface area contributed by atoms with Gasteiger partial charge in [0.25, 0.3) is 0 Å². The number of hydrogen-bond acceptors (Lipinski definition) is 6. The largest absolute Gasteiger partial charge is 0.490 e. The molecule has 1 aromatic heterocycles. The van der Waals surface area contributed by atoms with Crippen LogP contribution >= 0.6 is 11.6 Å². The molecule has 1 heterocycles. The summed E-state index contributed by atoms with van der Waals surface area (Å²) < 4.78 is 27.9. The van der Waals surface area contributed by atoms with Gasteiger partial charge in [-0.05, 0) is 17.7 Å². The number of benzene rings is 1. The molecule has 0 aliphatic heterocycles. The van der Waals surface area contributed by atoms with Crippen LogP contribution in [-0.4, -0.2) is 31.8 Å². The lowest BCUT2D eigenvalue weighted by Crippen LogP contribution is -2.05. The molecule has 0 aliphatic carbocycles. The first-order valence-corrected chi connectivity index (χ1v) is 8.26. The van der Waals surface area contributed by atoms with Crippen LogP contribution in [0.5, 0.6) is 5.75 Å². The van der Waals surface area contributed by atoms with Gasteiger partial charge in [0, 0.05) is 12.8 Å². The summed E-state index contributed by atoms with van der Waals surface area (Å²) in [5, 5.41) is 3.29. The molecule has 0 amide bonds. The summed E-state index contributed by atoms with van der Waals surface area (Å²) in [6.07, 6.45) is 2.51. The van der Waals surface area contributed by atoms with E-state index in [9.17, 15) is 8.42 Å². The Morgan fingerprint density at radius 3 is 2.48 bits per heavy atom. The molecule has 0 unspecified atom stereocenters. The maximum atomic E-state index is 11.4. The summed E-state index contributed by atoms with van der Waals surface area (Å²) in [6.45, 7) is 0.452. The van der Waals surface area contributed by atoms with Gasteiger partial charge in [-0.2, -0.15) is 0 Å². The molecule has 2 rings (SSSR count). The Kier molecular flexibility index (Phi) is 4.64. The first-order valence-electron chi connectivity index (χ1n) is 5.99. The summed E-state index contributed by atoms with van der Waals surface area (Å²) in [6, 6.07) is 6.60. The fraction of sp³-hybridized carbons (Fsp3) is 0.231. The van der Waals surface area contributed by atoms with Gasteiger partial charge in [-0.25, -0.2) is 18.4 Å². The summed E-state index contributed by atoms with van der Waals surface area (Å²) in [4.78, 5) is 8.17. The molecule has 21 heavy (non-hydrogen) atoms. The lowest BCUT2D eigenvalue weighted by Gasteiger charge is -2.10. The van der Waals surface area contributed by atoms with Gasteiger partial charge in [0.05, 0.1) is 12.0 Å². The van der Waals surface area contributed by atoms with Crippen molar-refractivity contribution in [2.45, 2.75) is 11.4 Å². The zero-order chi connectivity index (χ0) is 15.5. The Morgan fingerprint density at radius 1 is 1.24 bits per heavy atom. The van der Waals surface area contributed by atoms with E-state index in [-0.39, 0.29) is 10.0 Å². The van der Waals surface area contributed by atoms with Gasteiger partial charge < -0.3 is 10.1 Å². The number of nitrogens with one attached hydrogen (secondary N) is 1. The molecule has 0 saturated carbocycles. The molecular weight excluding hydrogens is 314 g/mol. The third kappa shape index (κ3) is 3.83. The highest BCUT2D eigenvalue weighted by Crippen LogP contribution is 2.28. The van der Waals surface area contributed by atoms with Crippen molar-refractivity contribution in [2.24, 2.45) is 0 Å². The predicted octanol–water partition coefficient (Wildman–Crippen LogP) is 2.15. The highest BCUT2D eigenvalue weighted by molar-refractivity contribution is 7.90. The lowest BCUT2D eigenvalue weighted by molar-refractivity contribution is 0.413. The van der Waals surface area contributed by atoms with Crippen molar-refractivity contribution in [3.05, 3.63) is 41.3 Å². The second-order valence-electron chi connectivity index (χ2n) is 4.32. The summed E-state index contributed by atoms with van der Waals surface area (Å²) in [7, 11) is -1.70. The molecule has 0 radical (unpaired) electrons. The average molecular weight is 328 g/mol. The van der Waals surface area contributed by atoms with Crippen molar-refractivity contribution in [1.82, 2.24) is 9.97 Å². The Bertz CT molecular complexity index is 733. The van der Waals surface area contributed by atoms with Crippen molar-refractivity contribution < 1.29 is 13.2 Å². The van der Waals surface area contributed by atoms with Crippen molar-refractivity contribution >= 4 is 27.3 Å². The second kappa shape index (κ2) is 6.28. The SMILES string of the molecule is COc1c(Cl)ncnc1NCc1ccc(S(C)(=O)=O)cc1. The van der Waals surface area contributed by atoms with E-state index in [1.54, 1.807) is 24.3 Å². The quantitative estimate of drug-likeness (QED) is 0.847.